The van der Waals surface area contributed by atoms with E-state index >= 15 is 0 Å². The lowest BCUT2D eigenvalue weighted by Crippen LogP contribution is -2.04. The summed E-state index contributed by atoms with van der Waals surface area (Å²) in [6.07, 6.45) is 1.61. The van der Waals surface area contributed by atoms with Gasteiger partial charge in [-0.15, -0.1) is 17.5 Å². The van der Waals surface area contributed by atoms with E-state index in [-0.39, 0.29) is 24.5 Å². The van der Waals surface area contributed by atoms with E-state index in [9.17, 15) is 8.78 Å². The first-order valence-electron chi connectivity index (χ1n) is 5.99. The molecule has 21 heavy (non-hydrogen) atoms. The standard InChI is InChI=1S/C13H11F2N5.ClH/c1-16-13-12-11(4-5-17-13)20(19-18-12)7-8-6-9(14)2-3-10(8)15;/h2-6H,7H2,1H3,(H,16,17);1H. The molecule has 0 aliphatic heterocycles. The van der Waals surface area contributed by atoms with Gasteiger partial charge in [0.2, 0.25) is 0 Å². The lowest BCUT2D eigenvalue weighted by Gasteiger charge is -2.05. The molecule has 1 N–H and O–H groups in total. The van der Waals surface area contributed by atoms with Gasteiger partial charge in [-0.05, 0) is 24.3 Å². The van der Waals surface area contributed by atoms with Gasteiger partial charge < -0.3 is 5.32 Å². The molecule has 0 saturated carbocycles. The van der Waals surface area contributed by atoms with Gasteiger partial charge >= 0.3 is 0 Å². The number of pyridine rings is 1. The van der Waals surface area contributed by atoms with Gasteiger partial charge in [0.05, 0.1) is 12.1 Å². The minimum absolute atomic E-state index is 0. The predicted octanol–water partition coefficient (Wildman–Crippen LogP) is 2.62. The quantitative estimate of drug-likeness (QED) is 0.808. The van der Waals surface area contributed by atoms with E-state index in [1.165, 1.54) is 4.68 Å². The maximum absolute atomic E-state index is 13.7. The lowest BCUT2D eigenvalue weighted by molar-refractivity contribution is 0.565. The number of nitrogens with zero attached hydrogens (tertiary/aromatic N) is 4. The predicted molar refractivity (Wildman–Crippen MR) is 77.6 cm³/mol. The molecule has 0 bridgehead atoms. The number of anilines is 1. The third-order valence-electron chi connectivity index (χ3n) is 3.00. The minimum atomic E-state index is -0.483. The molecule has 0 spiro atoms. The molecule has 0 radical (unpaired) electrons. The van der Waals surface area contributed by atoms with Crippen LogP contribution < -0.4 is 5.32 Å². The molecule has 0 amide bonds. The zero-order chi connectivity index (χ0) is 14.1. The van der Waals surface area contributed by atoms with E-state index in [2.05, 4.69) is 20.6 Å². The van der Waals surface area contributed by atoms with Gasteiger partial charge in [-0.25, -0.2) is 18.4 Å². The summed E-state index contributed by atoms with van der Waals surface area (Å²) in [6.45, 7) is 0.104. The molecule has 0 aliphatic rings. The summed E-state index contributed by atoms with van der Waals surface area (Å²) in [5.41, 5.74) is 1.51. The average Bonchev–Trinajstić information content (AvgIpc) is 2.86. The molecule has 0 saturated heterocycles. The van der Waals surface area contributed by atoms with Crippen molar-refractivity contribution >= 4 is 29.3 Å². The van der Waals surface area contributed by atoms with Crippen LogP contribution in [0.2, 0.25) is 0 Å². The molecule has 0 aliphatic carbocycles. The molecule has 2 aromatic heterocycles. The van der Waals surface area contributed by atoms with Crippen LogP contribution in [0.4, 0.5) is 14.6 Å². The molecule has 3 rings (SSSR count). The van der Waals surface area contributed by atoms with Crippen molar-refractivity contribution in [3.8, 4) is 0 Å². The van der Waals surface area contributed by atoms with Crippen molar-refractivity contribution in [3.63, 3.8) is 0 Å². The third kappa shape index (κ3) is 2.78. The summed E-state index contributed by atoms with van der Waals surface area (Å²) in [6, 6.07) is 5.07. The van der Waals surface area contributed by atoms with Crippen LogP contribution in [0, 0.1) is 11.6 Å². The van der Waals surface area contributed by atoms with Crippen molar-refractivity contribution in [2.75, 3.05) is 12.4 Å². The van der Waals surface area contributed by atoms with Crippen molar-refractivity contribution in [1.29, 1.82) is 0 Å². The number of aromatic nitrogens is 4. The number of hydrogen-bond acceptors (Lipinski definition) is 4. The topological polar surface area (TPSA) is 55.6 Å². The van der Waals surface area contributed by atoms with E-state index in [0.717, 1.165) is 18.2 Å². The largest absolute Gasteiger partial charge is 0.371 e. The fraction of sp³-hybridized carbons (Fsp3) is 0.154. The highest BCUT2D eigenvalue weighted by Crippen LogP contribution is 2.19. The van der Waals surface area contributed by atoms with E-state index in [1.807, 2.05) is 0 Å². The zero-order valence-electron chi connectivity index (χ0n) is 11.0. The summed E-state index contributed by atoms with van der Waals surface area (Å²) < 4.78 is 28.3. The van der Waals surface area contributed by atoms with Gasteiger partial charge in [0.1, 0.15) is 11.6 Å². The molecule has 110 valence electrons. The van der Waals surface area contributed by atoms with Crippen LogP contribution in [0.3, 0.4) is 0 Å². The van der Waals surface area contributed by atoms with Crippen LogP contribution in [-0.2, 0) is 6.54 Å². The Hall–Kier alpha value is -2.28. The second-order valence-electron chi connectivity index (χ2n) is 4.26. The van der Waals surface area contributed by atoms with Gasteiger partial charge in [0.25, 0.3) is 0 Å². The van der Waals surface area contributed by atoms with Crippen molar-refractivity contribution in [2.45, 2.75) is 6.54 Å². The Balaban J connectivity index is 0.00000161. The van der Waals surface area contributed by atoms with Gasteiger partial charge in [-0.2, -0.15) is 0 Å². The van der Waals surface area contributed by atoms with Crippen LogP contribution in [-0.4, -0.2) is 27.0 Å². The van der Waals surface area contributed by atoms with Crippen LogP contribution in [0.5, 0.6) is 0 Å². The van der Waals surface area contributed by atoms with Crippen LogP contribution >= 0.6 is 12.4 Å². The maximum Gasteiger partial charge on any atom is 0.155 e. The second kappa shape index (κ2) is 6.01. The highest BCUT2D eigenvalue weighted by Gasteiger charge is 2.11. The molecule has 2 heterocycles. The molecule has 0 unspecified atom stereocenters. The smallest absolute Gasteiger partial charge is 0.155 e. The summed E-state index contributed by atoms with van der Waals surface area (Å²) in [7, 11) is 1.73. The third-order valence-corrected chi connectivity index (χ3v) is 3.00. The molecular weight excluding hydrogens is 300 g/mol. The summed E-state index contributed by atoms with van der Waals surface area (Å²) >= 11 is 0. The Morgan fingerprint density at radius 1 is 1.24 bits per heavy atom. The number of fused-ring (bicyclic) bond motifs is 1. The summed E-state index contributed by atoms with van der Waals surface area (Å²) in [5, 5.41) is 10.9. The fourth-order valence-corrected chi connectivity index (χ4v) is 2.02. The fourth-order valence-electron chi connectivity index (χ4n) is 2.02. The van der Waals surface area contributed by atoms with Crippen molar-refractivity contribution in [1.82, 2.24) is 20.0 Å². The molecule has 0 fully saturated rings. The number of hydrogen-bond donors (Lipinski definition) is 1. The lowest BCUT2D eigenvalue weighted by atomic mass is 10.2. The van der Waals surface area contributed by atoms with Crippen LogP contribution in [0.15, 0.2) is 30.5 Å². The number of nitrogens with one attached hydrogen (secondary N) is 1. The van der Waals surface area contributed by atoms with Crippen molar-refractivity contribution < 1.29 is 8.78 Å². The van der Waals surface area contributed by atoms with Gasteiger partial charge in [0, 0.05) is 18.8 Å². The first kappa shape index (κ1) is 15.1. The molecule has 1 aromatic carbocycles. The van der Waals surface area contributed by atoms with E-state index in [4.69, 9.17) is 0 Å². The van der Waals surface area contributed by atoms with Gasteiger partial charge in [0.15, 0.2) is 11.3 Å². The second-order valence-corrected chi connectivity index (χ2v) is 4.26. The monoisotopic (exact) mass is 311 g/mol. The van der Waals surface area contributed by atoms with E-state index < -0.39 is 11.6 Å². The van der Waals surface area contributed by atoms with E-state index in [0.29, 0.717) is 16.9 Å². The Bertz CT molecular complexity index is 774. The average molecular weight is 312 g/mol. The Morgan fingerprint density at radius 2 is 2.05 bits per heavy atom. The number of rotatable bonds is 3. The molecule has 0 atom stereocenters. The van der Waals surface area contributed by atoms with E-state index in [1.54, 1.807) is 19.3 Å². The highest BCUT2D eigenvalue weighted by atomic mass is 35.5. The zero-order valence-corrected chi connectivity index (χ0v) is 11.9. The highest BCUT2D eigenvalue weighted by molar-refractivity contribution is 5.85. The minimum Gasteiger partial charge on any atom is -0.371 e. The SMILES string of the molecule is CNc1nccc2c1nnn2Cc1cc(F)ccc1F.Cl. The van der Waals surface area contributed by atoms with Crippen LogP contribution in [0.25, 0.3) is 11.0 Å². The molecule has 5 nitrogen and oxygen atoms in total. The molecular formula is C13H12ClF2N5. The Labute approximate surface area is 125 Å². The first-order valence-corrected chi connectivity index (χ1v) is 5.99. The van der Waals surface area contributed by atoms with Gasteiger partial charge in [-0.3, -0.25) is 0 Å². The molecule has 8 heteroatoms. The van der Waals surface area contributed by atoms with Crippen LogP contribution in [0.1, 0.15) is 5.56 Å². The normalized spacial score (nSPS) is 10.4. The van der Waals surface area contributed by atoms with Gasteiger partial charge in [-0.1, -0.05) is 5.21 Å². The number of halogens is 3. The number of benzene rings is 1. The van der Waals surface area contributed by atoms with Crippen molar-refractivity contribution in [3.05, 3.63) is 47.7 Å². The molecule has 3 aromatic rings. The Morgan fingerprint density at radius 3 is 2.81 bits per heavy atom. The summed E-state index contributed by atoms with van der Waals surface area (Å²) in [4.78, 5) is 4.12. The maximum atomic E-state index is 13.7. The van der Waals surface area contributed by atoms with Crippen molar-refractivity contribution in [2.24, 2.45) is 0 Å². The Kier molecular flexibility index (Phi) is 4.32. The first-order chi connectivity index (χ1) is 9.69. The summed E-state index contributed by atoms with van der Waals surface area (Å²) in [5.74, 6) is -0.366.